The molecule has 3 nitrogen and oxygen atoms in total. The molecule has 0 fully saturated rings. The number of carboxylic acid groups (broad SMARTS) is 1. The molecule has 0 aromatic heterocycles. The van der Waals surface area contributed by atoms with Gasteiger partial charge in [0.1, 0.15) is 17.4 Å². The summed E-state index contributed by atoms with van der Waals surface area (Å²) in [5.41, 5.74) is 1.82. The number of hydrogen-bond acceptors (Lipinski definition) is 2. The van der Waals surface area contributed by atoms with Crippen molar-refractivity contribution in [3.63, 3.8) is 0 Å². The van der Waals surface area contributed by atoms with E-state index in [0.717, 1.165) is 5.56 Å². The monoisotopic (exact) mass is 318 g/mol. The minimum atomic E-state index is -1.02. The molecule has 0 amide bonds. The van der Waals surface area contributed by atoms with Gasteiger partial charge in [-0.15, -0.1) is 0 Å². The number of carbonyl (C=O) groups is 2. The molecule has 0 saturated carbocycles. The van der Waals surface area contributed by atoms with Gasteiger partial charge >= 0.3 is 5.97 Å². The molecule has 23 heavy (non-hydrogen) atoms. The maximum absolute atomic E-state index is 13.1. The smallest absolute Gasteiger partial charge is 0.307 e. The molecule has 0 bridgehead atoms. The summed E-state index contributed by atoms with van der Waals surface area (Å²) in [7, 11) is 0. The highest BCUT2D eigenvalue weighted by molar-refractivity contribution is 5.83. The lowest BCUT2D eigenvalue weighted by molar-refractivity contribution is -0.136. The molecule has 1 aliphatic rings. The van der Waals surface area contributed by atoms with E-state index in [2.05, 4.69) is 0 Å². The summed E-state index contributed by atoms with van der Waals surface area (Å²) in [4.78, 5) is 21.2. The van der Waals surface area contributed by atoms with Crippen LogP contribution in [0.4, 0.5) is 8.78 Å². The summed E-state index contributed by atoms with van der Waals surface area (Å²) >= 11 is 0. The fourth-order valence-electron chi connectivity index (χ4n) is 2.40. The van der Waals surface area contributed by atoms with Crippen LogP contribution in [0.5, 0.6) is 0 Å². The summed E-state index contributed by atoms with van der Waals surface area (Å²) in [5.74, 6) is -1.57. The minimum Gasteiger partial charge on any atom is -0.481 e. The van der Waals surface area contributed by atoms with Crippen LogP contribution in [-0.2, 0) is 28.9 Å². The lowest BCUT2D eigenvalue weighted by atomic mass is 9.91. The molecule has 2 aromatic carbocycles. The number of halogens is 2. The van der Waals surface area contributed by atoms with E-state index in [4.69, 9.17) is 5.11 Å². The van der Waals surface area contributed by atoms with Crippen LogP contribution in [0.2, 0.25) is 0 Å². The standard InChI is InChI=1S/C10H9FO.C8H7FO2/c11-10-3-1-2-7-4-5-8(12)6-9(7)10;9-7-4-2-1-3-6(7)5-8(10)11/h1-3H,4-6H2;1-4H,5H2,(H,10,11). The molecule has 3 rings (SSSR count). The van der Waals surface area contributed by atoms with Gasteiger partial charge in [0.2, 0.25) is 0 Å². The van der Waals surface area contributed by atoms with Crippen LogP contribution in [-0.4, -0.2) is 16.9 Å². The minimum absolute atomic E-state index is 0.146. The normalized spacial score (nSPS) is 12.9. The van der Waals surface area contributed by atoms with E-state index in [0.29, 0.717) is 18.4 Å². The Balaban J connectivity index is 0.000000168. The Morgan fingerprint density at radius 3 is 2.39 bits per heavy atom. The first-order chi connectivity index (χ1) is 11.0. The molecule has 0 radical (unpaired) electrons. The van der Waals surface area contributed by atoms with E-state index >= 15 is 0 Å². The summed E-state index contributed by atoms with van der Waals surface area (Å²) in [6.07, 6.45) is 1.29. The van der Waals surface area contributed by atoms with Crippen LogP contribution in [0.1, 0.15) is 23.1 Å². The molecule has 0 saturated heterocycles. The molecule has 1 N–H and O–H groups in total. The van der Waals surface area contributed by atoms with Gasteiger partial charge in [0.05, 0.1) is 6.42 Å². The zero-order chi connectivity index (χ0) is 16.8. The fraction of sp³-hybridized carbons (Fsp3) is 0.222. The molecule has 1 aliphatic carbocycles. The van der Waals surface area contributed by atoms with Gasteiger partial charge in [0.25, 0.3) is 0 Å². The van der Waals surface area contributed by atoms with Crippen molar-refractivity contribution in [2.75, 3.05) is 0 Å². The van der Waals surface area contributed by atoms with Crippen molar-refractivity contribution in [2.45, 2.75) is 25.7 Å². The number of ketones is 1. The maximum atomic E-state index is 13.1. The second-order valence-corrected chi connectivity index (χ2v) is 5.25. The molecule has 2 aromatic rings. The Morgan fingerprint density at radius 2 is 1.70 bits per heavy atom. The first kappa shape index (κ1) is 16.8. The van der Waals surface area contributed by atoms with Gasteiger partial charge in [-0.3, -0.25) is 9.59 Å². The molecule has 0 aliphatic heterocycles. The van der Waals surface area contributed by atoms with E-state index in [-0.39, 0.29) is 30.0 Å². The maximum Gasteiger partial charge on any atom is 0.307 e. The quantitative estimate of drug-likeness (QED) is 0.924. The number of fused-ring (bicyclic) bond motifs is 1. The van der Waals surface area contributed by atoms with Crippen molar-refractivity contribution >= 4 is 11.8 Å². The van der Waals surface area contributed by atoms with Gasteiger partial charge in [-0.25, -0.2) is 8.78 Å². The highest BCUT2D eigenvalue weighted by Crippen LogP contribution is 2.21. The largest absolute Gasteiger partial charge is 0.481 e. The lowest BCUT2D eigenvalue weighted by Gasteiger charge is -2.14. The topological polar surface area (TPSA) is 54.4 Å². The Labute approximate surface area is 132 Å². The predicted octanol–water partition coefficient (Wildman–Crippen LogP) is 3.34. The van der Waals surface area contributed by atoms with Gasteiger partial charge in [-0.05, 0) is 35.2 Å². The van der Waals surface area contributed by atoms with Gasteiger partial charge in [-0.1, -0.05) is 30.3 Å². The Hall–Kier alpha value is -2.56. The number of Topliss-reactive ketones (excluding diaryl/α,β-unsaturated/α-hetero) is 1. The van der Waals surface area contributed by atoms with Crippen molar-refractivity contribution in [3.8, 4) is 0 Å². The fourth-order valence-corrected chi connectivity index (χ4v) is 2.40. The van der Waals surface area contributed by atoms with Crippen LogP contribution < -0.4 is 0 Å². The summed E-state index contributed by atoms with van der Waals surface area (Å²) in [6, 6.07) is 10.9. The molecule has 0 heterocycles. The number of carbonyl (C=O) groups excluding carboxylic acids is 1. The Bertz CT molecular complexity index is 726. The number of benzene rings is 2. The molecule has 0 unspecified atom stereocenters. The molecule has 0 spiro atoms. The first-order valence-electron chi connectivity index (χ1n) is 7.20. The summed E-state index contributed by atoms with van der Waals surface area (Å²) < 4.78 is 25.8. The third kappa shape index (κ3) is 4.71. The molecular weight excluding hydrogens is 302 g/mol. The van der Waals surface area contributed by atoms with E-state index in [1.807, 2.05) is 6.07 Å². The van der Waals surface area contributed by atoms with Crippen molar-refractivity contribution in [3.05, 3.63) is 70.8 Å². The highest BCUT2D eigenvalue weighted by atomic mass is 19.1. The summed E-state index contributed by atoms with van der Waals surface area (Å²) in [5, 5.41) is 8.32. The molecular formula is C18H16F2O3. The van der Waals surface area contributed by atoms with Crippen LogP contribution >= 0.6 is 0 Å². The number of aryl methyl sites for hydroxylation is 1. The average molecular weight is 318 g/mol. The Morgan fingerprint density at radius 1 is 1.00 bits per heavy atom. The number of rotatable bonds is 2. The van der Waals surface area contributed by atoms with Gasteiger partial charge < -0.3 is 5.11 Å². The molecule has 120 valence electrons. The van der Waals surface area contributed by atoms with E-state index < -0.39 is 11.8 Å². The zero-order valence-electron chi connectivity index (χ0n) is 12.4. The van der Waals surface area contributed by atoms with Crippen LogP contribution in [0.25, 0.3) is 0 Å². The zero-order valence-corrected chi connectivity index (χ0v) is 12.4. The second-order valence-electron chi connectivity index (χ2n) is 5.25. The predicted molar refractivity (Wildman–Crippen MR) is 81.2 cm³/mol. The first-order valence-corrected chi connectivity index (χ1v) is 7.20. The van der Waals surface area contributed by atoms with Crippen molar-refractivity contribution in [1.29, 1.82) is 0 Å². The lowest BCUT2D eigenvalue weighted by Crippen LogP contribution is -2.14. The molecule has 5 heteroatoms. The van der Waals surface area contributed by atoms with Crippen molar-refractivity contribution < 1.29 is 23.5 Å². The third-order valence-electron chi connectivity index (χ3n) is 3.56. The number of aliphatic carboxylic acids is 1. The Kier molecular flexibility index (Phi) is 5.57. The van der Waals surface area contributed by atoms with Gasteiger partial charge in [-0.2, -0.15) is 0 Å². The van der Waals surface area contributed by atoms with Crippen LogP contribution in [0.15, 0.2) is 42.5 Å². The SMILES string of the molecule is O=C(O)Cc1ccccc1F.O=C1CCc2cccc(F)c2C1. The molecule has 0 atom stereocenters. The van der Waals surface area contributed by atoms with Crippen molar-refractivity contribution in [2.24, 2.45) is 0 Å². The van der Waals surface area contributed by atoms with Crippen molar-refractivity contribution in [1.82, 2.24) is 0 Å². The van der Waals surface area contributed by atoms with Crippen LogP contribution in [0.3, 0.4) is 0 Å². The van der Waals surface area contributed by atoms with Gasteiger partial charge in [0, 0.05) is 12.8 Å². The van der Waals surface area contributed by atoms with E-state index in [9.17, 15) is 18.4 Å². The van der Waals surface area contributed by atoms with E-state index in [1.165, 1.54) is 24.3 Å². The third-order valence-corrected chi connectivity index (χ3v) is 3.56. The average Bonchev–Trinajstić information content (AvgIpc) is 2.51. The number of hydrogen-bond donors (Lipinski definition) is 1. The number of carboxylic acids is 1. The summed E-state index contributed by atoms with van der Waals surface area (Å²) in [6.45, 7) is 0. The van der Waals surface area contributed by atoms with Gasteiger partial charge in [0.15, 0.2) is 0 Å². The highest BCUT2D eigenvalue weighted by Gasteiger charge is 2.17. The van der Waals surface area contributed by atoms with Crippen LogP contribution in [0, 0.1) is 11.6 Å². The second kappa shape index (κ2) is 7.63. The van der Waals surface area contributed by atoms with E-state index in [1.54, 1.807) is 12.1 Å².